The third kappa shape index (κ3) is 4.47. The highest BCUT2D eigenvalue weighted by molar-refractivity contribution is 9.10. The molecule has 29 heavy (non-hydrogen) atoms. The van der Waals surface area contributed by atoms with Gasteiger partial charge in [0.2, 0.25) is 0 Å². The Bertz CT molecular complexity index is 1050. The molecule has 1 aliphatic rings. The maximum absolute atomic E-state index is 12.1. The number of carbonyl (C=O) groups is 1. The minimum atomic E-state index is -0.831. The van der Waals surface area contributed by atoms with Gasteiger partial charge in [-0.25, -0.2) is 0 Å². The summed E-state index contributed by atoms with van der Waals surface area (Å²) in [4.78, 5) is 19.7. The van der Waals surface area contributed by atoms with Crippen LogP contribution in [0.4, 0.5) is 0 Å². The number of benzene rings is 2. The van der Waals surface area contributed by atoms with Crippen LogP contribution in [0.1, 0.15) is 17.2 Å². The fourth-order valence-electron chi connectivity index (χ4n) is 3.90. The molecule has 0 bridgehead atoms. The maximum Gasteiger partial charge on any atom is 0.325 e. The highest BCUT2D eigenvalue weighted by Crippen LogP contribution is 2.31. The van der Waals surface area contributed by atoms with Gasteiger partial charge in [-0.1, -0.05) is 51.3 Å². The molecule has 0 amide bonds. The molecule has 2 N–H and O–H groups in total. The monoisotopic (exact) mass is 495 g/mol. The summed E-state index contributed by atoms with van der Waals surface area (Å²) in [5.41, 5.74) is 2.76. The first kappa shape index (κ1) is 20.7. The van der Waals surface area contributed by atoms with Crippen molar-refractivity contribution in [2.75, 3.05) is 26.2 Å². The first-order chi connectivity index (χ1) is 13.9. The molecule has 5 nitrogen and oxygen atoms in total. The fraction of sp³-hybridized carbons (Fsp3) is 0.286. The summed E-state index contributed by atoms with van der Waals surface area (Å²) in [5.74, 6) is -0.831. The lowest BCUT2D eigenvalue weighted by atomic mass is 10.0. The minimum Gasteiger partial charge on any atom is -0.480 e. The highest BCUT2D eigenvalue weighted by Gasteiger charge is 2.32. The van der Waals surface area contributed by atoms with Gasteiger partial charge in [-0.2, -0.15) is 0 Å². The van der Waals surface area contributed by atoms with Crippen LogP contribution < -0.4 is 0 Å². The summed E-state index contributed by atoms with van der Waals surface area (Å²) in [5, 5.41) is 12.2. The summed E-state index contributed by atoms with van der Waals surface area (Å²) < 4.78 is 0.958. The molecular weight excluding hydrogens is 477 g/mol. The van der Waals surface area contributed by atoms with E-state index in [4.69, 9.17) is 23.2 Å². The number of rotatable bonds is 5. The molecule has 2 heterocycles. The third-order valence-electron chi connectivity index (χ3n) is 5.39. The Morgan fingerprint density at radius 3 is 2.59 bits per heavy atom. The van der Waals surface area contributed by atoms with Crippen LogP contribution in [0.25, 0.3) is 10.9 Å². The molecule has 1 aromatic heterocycles. The number of halogens is 3. The molecule has 2 aromatic carbocycles. The number of piperazine rings is 1. The molecule has 1 fully saturated rings. The summed E-state index contributed by atoms with van der Waals surface area (Å²) in [7, 11) is 0. The van der Waals surface area contributed by atoms with Crippen molar-refractivity contribution in [3.63, 3.8) is 0 Å². The fourth-order valence-corrected chi connectivity index (χ4v) is 4.73. The second kappa shape index (κ2) is 8.66. The van der Waals surface area contributed by atoms with Crippen LogP contribution in [-0.4, -0.2) is 52.0 Å². The number of nitrogens with one attached hydrogen (secondary N) is 1. The van der Waals surface area contributed by atoms with Gasteiger partial charge in [-0.15, -0.1) is 0 Å². The summed E-state index contributed by atoms with van der Waals surface area (Å²) >= 11 is 15.7. The van der Waals surface area contributed by atoms with Gasteiger partial charge in [-0.3, -0.25) is 14.6 Å². The number of aliphatic carboxylic acids is 1. The number of carboxylic acid groups (broad SMARTS) is 1. The number of fused-ring (bicyclic) bond motifs is 1. The zero-order valence-electron chi connectivity index (χ0n) is 15.5. The first-order valence-electron chi connectivity index (χ1n) is 9.32. The van der Waals surface area contributed by atoms with Crippen molar-refractivity contribution in [2.45, 2.75) is 12.6 Å². The molecule has 1 atom stereocenters. The zero-order chi connectivity index (χ0) is 20.5. The second-order valence-electron chi connectivity index (χ2n) is 7.22. The standard InChI is InChI=1S/C21H20BrCl2N3O2/c22-14-2-4-16-17(11-25-19(16)9-14)20(21(28)29)27-7-5-26(6-8-27)12-13-1-3-15(23)10-18(13)24/h1-4,9-11,20,25H,5-8,12H2,(H,28,29)/t20-/m1/s1. The zero-order valence-corrected chi connectivity index (χ0v) is 18.6. The largest absolute Gasteiger partial charge is 0.480 e. The molecule has 0 aliphatic carbocycles. The average Bonchev–Trinajstić information content (AvgIpc) is 3.08. The predicted molar refractivity (Wildman–Crippen MR) is 120 cm³/mol. The van der Waals surface area contributed by atoms with Gasteiger partial charge in [0, 0.05) is 69.9 Å². The molecule has 1 saturated heterocycles. The second-order valence-corrected chi connectivity index (χ2v) is 8.98. The van der Waals surface area contributed by atoms with E-state index >= 15 is 0 Å². The molecule has 0 unspecified atom stereocenters. The van der Waals surface area contributed by atoms with Gasteiger partial charge < -0.3 is 10.1 Å². The van der Waals surface area contributed by atoms with Crippen LogP contribution in [0, 0.1) is 0 Å². The van der Waals surface area contributed by atoms with Crippen LogP contribution in [0.2, 0.25) is 10.0 Å². The lowest BCUT2D eigenvalue weighted by Crippen LogP contribution is -2.48. The van der Waals surface area contributed by atoms with Crippen molar-refractivity contribution in [1.29, 1.82) is 0 Å². The van der Waals surface area contributed by atoms with E-state index in [0.717, 1.165) is 46.1 Å². The van der Waals surface area contributed by atoms with Gasteiger partial charge in [0.1, 0.15) is 6.04 Å². The SMILES string of the molecule is O=C(O)[C@@H](c1c[nH]c2cc(Br)ccc12)N1CCN(Cc2ccc(Cl)cc2Cl)CC1. The average molecular weight is 497 g/mol. The smallest absolute Gasteiger partial charge is 0.325 e. The molecule has 1 aliphatic heterocycles. The van der Waals surface area contributed by atoms with E-state index < -0.39 is 12.0 Å². The number of hydrogen-bond acceptors (Lipinski definition) is 3. The van der Waals surface area contributed by atoms with Gasteiger partial charge in [0.15, 0.2) is 0 Å². The normalized spacial score (nSPS) is 16.9. The lowest BCUT2D eigenvalue weighted by molar-refractivity contribution is -0.144. The Balaban J connectivity index is 1.48. The topological polar surface area (TPSA) is 59.6 Å². The number of H-pyrrole nitrogens is 1. The van der Waals surface area contributed by atoms with Crippen LogP contribution in [-0.2, 0) is 11.3 Å². The van der Waals surface area contributed by atoms with E-state index in [1.54, 1.807) is 6.07 Å². The van der Waals surface area contributed by atoms with Crippen molar-refractivity contribution >= 4 is 56.0 Å². The Morgan fingerprint density at radius 2 is 1.90 bits per heavy atom. The quantitative estimate of drug-likeness (QED) is 0.510. The number of aromatic nitrogens is 1. The van der Waals surface area contributed by atoms with Crippen LogP contribution >= 0.6 is 39.1 Å². The molecular formula is C21H20BrCl2N3O2. The number of hydrogen-bond donors (Lipinski definition) is 2. The molecule has 0 radical (unpaired) electrons. The Labute approximate surface area is 187 Å². The van der Waals surface area contributed by atoms with Crippen molar-refractivity contribution < 1.29 is 9.90 Å². The van der Waals surface area contributed by atoms with E-state index in [2.05, 4.69) is 25.8 Å². The Hall–Kier alpha value is -1.57. The molecule has 8 heteroatoms. The number of nitrogens with zero attached hydrogens (tertiary/aromatic N) is 2. The van der Waals surface area contributed by atoms with E-state index in [0.29, 0.717) is 23.1 Å². The van der Waals surface area contributed by atoms with Gasteiger partial charge in [0.05, 0.1) is 0 Å². The minimum absolute atomic E-state index is 0.624. The first-order valence-corrected chi connectivity index (χ1v) is 10.9. The van der Waals surface area contributed by atoms with E-state index in [1.165, 1.54) is 0 Å². The Morgan fingerprint density at radius 1 is 1.14 bits per heavy atom. The number of carboxylic acids is 1. The van der Waals surface area contributed by atoms with E-state index in [-0.39, 0.29) is 0 Å². The molecule has 4 rings (SSSR count). The van der Waals surface area contributed by atoms with Crippen molar-refractivity contribution in [2.24, 2.45) is 0 Å². The Kier molecular flexibility index (Phi) is 6.18. The van der Waals surface area contributed by atoms with Crippen LogP contribution in [0.5, 0.6) is 0 Å². The summed E-state index contributed by atoms with van der Waals surface area (Å²) in [6.07, 6.45) is 1.82. The lowest BCUT2D eigenvalue weighted by Gasteiger charge is -2.37. The van der Waals surface area contributed by atoms with Gasteiger partial charge in [0.25, 0.3) is 0 Å². The van der Waals surface area contributed by atoms with Crippen LogP contribution in [0.3, 0.4) is 0 Å². The molecule has 0 saturated carbocycles. The van der Waals surface area contributed by atoms with Gasteiger partial charge in [-0.05, 0) is 29.8 Å². The van der Waals surface area contributed by atoms with Crippen molar-refractivity contribution in [3.8, 4) is 0 Å². The number of aromatic amines is 1. The maximum atomic E-state index is 12.1. The van der Waals surface area contributed by atoms with Crippen molar-refractivity contribution in [1.82, 2.24) is 14.8 Å². The molecule has 152 valence electrons. The summed E-state index contributed by atoms with van der Waals surface area (Å²) in [6, 6.07) is 10.7. The van der Waals surface area contributed by atoms with Gasteiger partial charge >= 0.3 is 5.97 Å². The molecule has 3 aromatic rings. The van der Waals surface area contributed by atoms with Crippen molar-refractivity contribution in [3.05, 3.63) is 68.2 Å². The third-order valence-corrected chi connectivity index (χ3v) is 6.47. The summed E-state index contributed by atoms with van der Waals surface area (Å²) in [6.45, 7) is 3.62. The molecule has 0 spiro atoms. The van der Waals surface area contributed by atoms with E-state index in [1.807, 2.05) is 41.4 Å². The highest BCUT2D eigenvalue weighted by atomic mass is 79.9. The van der Waals surface area contributed by atoms with E-state index in [9.17, 15) is 9.90 Å². The predicted octanol–water partition coefficient (Wildman–Crippen LogP) is 5.18. The van der Waals surface area contributed by atoms with Crippen LogP contribution in [0.15, 0.2) is 47.1 Å².